The van der Waals surface area contributed by atoms with Crippen LogP contribution in [0.5, 0.6) is 0 Å². The molecule has 0 radical (unpaired) electrons. The molecule has 0 aromatic heterocycles. The molecule has 1 rings (SSSR count). The lowest BCUT2D eigenvalue weighted by Gasteiger charge is -2.16. The van der Waals surface area contributed by atoms with Crippen LogP contribution in [0.1, 0.15) is 32.6 Å². The van der Waals surface area contributed by atoms with Crippen molar-refractivity contribution in [1.29, 1.82) is 0 Å². The molecule has 0 aromatic carbocycles. The Morgan fingerprint density at radius 1 is 1.33 bits per heavy atom. The Morgan fingerprint density at radius 3 is 3.00 bits per heavy atom. The first-order chi connectivity index (χ1) is 5.79. The molecule has 3 heteroatoms. The number of amides is 1. The van der Waals surface area contributed by atoms with Crippen LogP contribution in [0.25, 0.3) is 0 Å². The fourth-order valence-corrected chi connectivity index (χ4v) is 1.45. The lowest BCUT2D eigenvalue weighted by molar-refractivity contribution is -0.121. The molecular formula is C9H18N2O. The van der Waals surface area contributed by atoms with E-state index < -0.39 is 0 Å². The van der Waals surface area contributed by atoms with E-state index in [0.717, 1.165) is 19.5 Å². The average Bonchev–Trinajstić information content (AvgIpc) is 2.02. The summed E-state index contributed by atoms with van der Waals surface area (Å²) in [6.45, 7) is 3.95. The molecule has 3 nitrogen and oxygen atoms in total. The summed E-state index contributed by atoms with van der Waals surface area (Å²) in [6.07, 6.45) is 4.15. The van der Waals surface area contributed by atoms with Crippen molar-refractivity contribution in [3.63, 3.8) is 0 Å². The van der Waals surface area contributed by atoms with Gasteiger partial charge in [0, 0.05) is 19.0 Å². The third-order valence-corrected chi connectivity index (χ3v) is 2.18. The highest BCUT2D eigenvalue weighted by Crippen LogP contribution is 2.01. The van der Waals surface area contributed by atoms with Gasteiger partial charge in [0.05, 0.1) is 0 Å². The summed E-state index contributed by atoms with van der Waals surface area (Å²) in [7, 11) is 0. The van der Waals surface area contributed by atoms with Crippen molar-refractivity contribution in [2.75, 3.05) is 13.1 Å². The van der Waals surface area contributed by atoms with Crippen molar-refractivity contribution in [2.24, 2.45) is 0 Å². The van der Waals surface area contributed by atoms with E-state index in [1.807, 2.05) is 0 Å². The minimum Gasteiger partial charge on any atom is -0.354 e. The fourth-order valence-electron chi connectivity index (χ4n) is 1.45. The van der Waals surface area contributed by atoms with Crippen molar-refractivity contribution in [2.45, 2.75) is 38.6 Å². The minimum absolute atomic E-state index is 0.178. The molecule has 1 aliphatic rings. The van der Waals surface area contributed by atoms with Gasteiger partial charge in [0.25, 0.3) is 0 Å². The maximum Gasteiger partial charge on any atom is 0.221 e. The van der Waals surface area contributed by atoms with Crippen molar-refractivity contribution < 1.29 is 4.79 Å². The summed E-state index contributed by atoms with van der Waals surface area (Å²) in [5.74, 6) is 0.178. The van der Waals surface area contributed by atoms with Gasteiger partial charge in [-0.3, -0.25) is 4.79 Å². The van der Waals surface area contributed by atoms with Crippen molar-refractivity contribution in [3.05, 3.63) is 0 Å². The van der Waals surface area contributed by atoms with Gasteiger partial charge in [-0.05, 0) is 26.3 Å². The lowest BCUT2D eigenvalue weighted by Crippen LogP contribution is -2.35. The van der Waals surface area contributed by atoms with Crippen LogP contribution in [0.3, 0.4) is 0 Å². The van der Waals surface area contributed by atoms with E-state index in [0.29, 0.717) is 12.5 Å². The van der Waals surface area contributed by atoms with E-state index in [-0.39, 0.29) is 5.91 Å². The number of nitrogens with one attached hydrogen (secondary N) is 2. The topological polar surface area (TPSA) is 41.1 Å². The number of rotatable bonds is 0. The summed E-state index contributed by atoms with van der Waals surface area (Å²) >= 11 is 0. The summed E-state index contributed by atoms with van der Waals surface area (Å²) in [5.41, 5.74) is 0. The number of carbonyl (C=O) groups excluding carboxylic acids is 1. The van der Waals surface area contributed by atoms with Gasteiger partial charge < -0.3 is 10.6 Å². The minimum atomic E-state index is 0.178. The largest absolute Gasteiger partial charge is 0.354 e. The monoisotopic (exact) mass is 170 g/mol. The van der Waals surface area contributed by atoms with Gasteiger partial charge in [-0.25, -0.2) is 0 Å². The first-order valence-corrected chi connectivity index (χ1v) is 4.79. The molecule has 1 saturated heterocycles. The number of hydrogen-bond acceptors (Lipinski definition) is 2. The maximum atomic E-state index is 11.2. The zero-order chi connectivity index (χ0) is 8.81. The molecule has 0 bridgehead atoms. The van der Waals surface area contributed by atoms with E-state index in [4.69, 9.17) is 0 Å². The van der Waals surface area contributed by atoms with Gasteiger partial charge in [0.1, 0.15) is 0 Å². The van der Waals surface area contributed by atoms with E-state index in [1.54, 1.807) is 0 Å². The zero-order valence-electron chi connectivity index (χ0n) is 7.73. The van der Waals surface area contributed by atoms with Gasteiger partial charge >= 0.3 is 0 Å². The van der Waals surface area contributed by atoms with E-state index in [1.165, 1.54) is 12.8 Å². The number of carbonyl (C=O) groups is 1. The third kappa shape index (κ3) is 3.72. The summed E-state index contributed by atoms with van der Waals surface area (Å²) < 4.78 is 0. The first-order valence-electron chi connectivity index (χ1n) is 4.79. The lowest BCUT2D eigenvalue weighted by atomic mass is 10.1. The predicted octanol–water partition coefficient (Wildman–Crippen LogP) is 0.655. The van der Waals surface area contributed by atoms with Gasteiger partial charge in [0.15, 0.2) is 0 Å². The summed E-state index contributed by atoms with van der Waals surface area (Å²) in [4.78, 5) is 11.2. The van der Waals surface area contributed by atoms with Gasteiger partial charge in [-0.1, -0.05) is 6.42 Å². The van der Waals surface area contributed by atoms with Gasteiger partial charge in [-0.15, -0.1) is 0 Å². The molecule has 70 valence electrons. The van der Waals surface area contributed by atoms with E-state index >= 15 is 0 Å². The molecule has 0 unspecified atom stereocenters. The second-order valence-corrected chi connectivity index (χ2v) is 3.46. The van der Waals surface area contributed by atoms with Crippen LogP contribution in [0.4, 0.5) is 0 Å². The number of hydrogen-bond donors (Lipinski definition) is 2. The van der Waals surface area contributed by atoms with Crippen LogP contribution in [0.15, 0.2) is 0 Å². The fraction of sp³-hybridized carbons (Fsp3) is 0.889. The third-order valence-electron chi connectivity index (χ3n) is 2.18. The molecule has 2 N–H and O–H groups in total. The Morgan fingerprint density at radius 2 is 2.17 bits per heavy atom. The van der Waals surface area contributed by atoms with Crippen LogP contribution in [-0.2, 0) is 4.79 Å². The molecule has 0 aromatic rings. The normalized spacial score (nSPS) is 27.8. The Balaban J connectivity index is 2.29. The summed E-state index contributed by atoms with van der Waals surface area (Å²) in [5, 5.41) is 6.21. The van der Waals surface area contributed by atoms with Gasteiger partial charge in [-0.2, -0.15) is 0 Å². The van der Waals surface area contributed by atoms with Gasteiger partial charge in [0.2, 0.25) is 5.91 Å². The molecule has 0 saturated carbocycles. The van der Waals surface area contributed by atoms with Crippen LogP contribution >= 0.6 is 0 Å². The van der Waals surface area contributed by atoms with Crippen LogP contribution < -0.4 is 10.6 Å². The van der Waals surface area contributed by atoms with Crippen LogP contribution in [-0.4, -0.2) is 25.0 Å². The molecular weight excluding hydrogens is 152 g/mol. The highest BCUT2D eigenvalue weighted by Gasteiger charge is 2.07. The van der Waals surface area contributed by atoms with Crippen LogP contribution in [0, 0.1) is 0 Å². The maximum absolute atomic E-state index is 11.2. The zero-order valence-corrected chi connectivity index (χ0v) is 7.73. The highest BCUT2D eigenvalue weighted by molar-refractivity contribution is 5.76. The molecule has 0 aliphatic carbocycles. The Kier molecular flexibility index (Phi) is 4.08. The Bertz CT molecular complexity index is 147. The molecule has 0 spiro atoms. The average molecular weight is 170 g/mol. The summed E-state index contributed by atoms with van der Waals surface area (Å²) in [6, 6.07) is 0.357. The Labute approximate surface area is 73.9 Å². The Hall–Kier alpha value is -0.570. The van der Waals surface area contributed by atoms with E-state index in [9.17, 15) is 4.79 Å². The molecule has 1 atom stereocenters. The smallest absolute Gasteiger partial charge is 0.221 e. The molecule has 1 aliphatic heterocycles. The highest BCUT2D eigenvalue weighted by atomic mass is 16.1. The standard InChI is InChI=1S/C9H18N2O/c1-8-4-2-3-6-10-7-5-9(12)11-8/h8,10H,2-7H2,1H3,(H,11,12)/t8-/m0/s1. The van der Waals surface area contributed by atoms with Crippen molar-refractivity contribution >= 4 is 5.91 Å². The molecule has 12 heavy (non-hydrogen) atoms. The second-order valence-electron chi connectivity index (χ2n) is 3.46. The second kappa shape index (κ2) is 5.14. The van der Waals surface area contributed by atoms with Crippen LogP contribution in [0.2, 0.25) is 0 Å². The molecule has 1 fully saturated rings. The molecule has 1 heterocycles. The SMILES string of the molecule is C[C@H]1CCCCNCCC(=O)N1. The molecule has 1 amide bonds. The van der Waals surface area contributed by atoms with Crippen molar-refractivity contribution in [3.8, 4) is 0 Å². The van der Waals surface area contributed by atoms with E-state index in [2.05, 4.69) is 17.6 Å². The predicted molar refractivity (Wildman–Crippen MR) is 48.9 cm³/mol. The quantitative estimate of drug-likeness (QED) is 0.560. The first kappa shape index (κ1) is 9.52. The van der Waals surface area contributed by atoms with Crippen molar-refractivity contribution in [1.82, 2.24) is 10.6 Å².